The van der Waals surface area contributed by atoms with E-state index in [2.05, 4.69) is 10.6 Å². The summed E-state index contributed by atoms with van der Waals surface area (Å²) in [6, 6.07) is 9.68. The largest absolute Gasteiger partial charge is 0.496 e. The summed E-state index contributed by atoms with van der Waals surface area (Å²) in [4.78, 5) is 24.5. The average molecular weight is 397 g/mol. The van der Waals surface area contributed by atoms with Crippen LogP contribution in [0.2, 0.25) is 10.0 Å². The molecule has 2 rings (SSSR count). The molecule has 8 heteroatoms. The standard InChI is InChI=1S/C18H18Cl2N2O4/c1-25-14-4-3-5-15(26-2)16(14)18(24)22-9-8-21-17(23)12-7-6-11(19)10-13(12)20/h3-7,10H,8-9H2,1-2H3,(H,21,23)(H,22,24). The van der Waals surface area contributed by atoms with Crippen LogP contribution in [0.15, 0.2) is 36.4 Å². The minimum atomic E-state index is -0.363. The molecule has 0 unspecified atom stereocenters. The predicted molar refractivity (Wildman–Crippen MR) is 101 cm³/mol. The Morgan fingerprint density at radius 2 is 1.50 bits per heavy atom. The highest BCUT2D eigenvalue weighted by Gasteiger charge is 2.17. The number of hydrogen-bond donors (Lipinski definition) is 2. The highest BCUT2D eigenvalue weighted by molar-refractivity contribution is 6.36. The maximum atomic E-state index is 12.4. The van der Waals surface area contributed by atoms with Crippen molar-refractivity contribution in [1.82, 2.24) is 10.6 Å². The molecule has 0 fully saturated rings. The fourth-order valence-corrected chi connectivity index (χ4v) is 2.78. The summed E-state index contributed by atoms with van der Waals surface area (Å²) >= 11 is 11.8. The Bertz CT molecular complexity index is 790. The summed E-state index contributed by atoms with van der Waals surface area (Å²) in [5.41, 5.74) is 0.610. The maximum Gasteiger partial charge on any atom is 0.258 e. The first-order valence-corrected chi connectivity index (χ1v) is 8.46. The van der Waals surface area contributed by atoms with Gasteiger partial charge >= 0.3 is 0 Å². The summed E-state index contributed by atoms with van der Waals surface area (Å²) in [6.07, 6.45) is 0. The molecule has 0 aromatic heterocycles. The lowest BCUT2D eigenvalue weighted by atomic mass is 10.1. The lowest BCUT2D eigenvalue weighted by Crippen LogP contribution is -2.35. The number of hydrogen-bond acceptors (Lipinski definition) is 4. The number of amides is 2. The van der Waals surface area contributed by atoms with Crippen LogP contribution in [0.4, 0.5) is 0 Å². The molecule has 0 saturated heterocycles. The molecule has 2 aromatic carbocycles. The summed E-state index contributed by atoms with van der Waals surface area (Å²) in [6.45, 7) is 0.442. The Kier molecular flexibility index (Phi) is 7.12. The van der Waals surface area contributed by atoms with Gasteiger partial charge in [-0.2, -0.15) is 0 Å². The number of benzene rings is 2. The Hall–Kier alpha value is -2.44. The fraction of sp³-hybridized carbons (Fsp3) is 0.222. The summed E-state index contributed by atoms with van der Waals surface area (Å²) in [5, 5.41) is 6.10. The monoisotopic (exact) mass is 396 g/mol. The van der Waals surface area contributed by atoms with E-state index in [1.165, 1.54) is 26.4 Å². The van der Waals surface area contributed by atoms with Crippen LogP contribution in [-0.2, 0) is 0 Å². The molecule has 0 saturated carbocycles. The van der Waals surface area contributed by atoms with Gasteiger partial charge in [-0.15, -0.1) is 0 Å². The summed E-state index contributed by atoms with van der Waals surface area (Å²) in [7, 11) is 2.95. The average Bonchev–Trinajstić information content (AvgIpc) is 2.64. The van der Waals surface area contributed by atoms with Crippen molar-refractivity contribution >= 4 is 35.0 Å². The van der Waals surface area contributed by atoms with Gasteiger partial charge in [0.2, 0.25) is 0 Å². The van der Waals surface area contributed by atoms with E-state index in [0.717, 1.165) is 0 Å². The third kappa shape index (κ3) is 4.80. The first kappa shape index (κ1) is 19.9. The highest BCUT2D eigenvalue weighted by atomic mass is 35.5. The van der Waals surface area contributed by atoms with Crippen molar-refractivity contribution in [2.75, 3.05) is 27.3 Å². The van der Waals surface area contributed by atoms with Crippen LogP contribution in [0.1, 0.15) is 20.7 Å². The van der Waals surface area contributed by atoms with Crippen LogP contribution in [-0.4, -0.2) is 39.1 Å². The number of halogens is 2. The van der Waals surface area contributed by atoms with Gasteiger partial charge in [-0.1, -0.05) is 29.3 Å². The molecule has 0 atom stereocenters. The molecular formula is C18H18Cl2N2O4. The minimum absolute atomic E-state index is 0.219. The highest BCUT2D eigenvalue weighted by Crippen LogP contribution is 2.27. The quantitative estimate of drug-likeness (QED) is 0.704. The maximum absolute atomic E-state index is 12.4. The molecule has 6 nitrogen and oxygen atoms in total. The third-order valence-corrected chi connectivity index (χ3v) is 4.07. The van der Waals surface area contributed by atoms with Crippen LogP contribution >= 0.6 is 23.2 Å². The van der Waals surface area contributed by atoms with Gasteiger partial charge < -0.3 is 20.1 Å². The second-order valence-electron chi connectivity index (χ2n) is 5.17. The number of carbonyl (C=O) groups excluding carboxylic acids is 2. The lowest BCUT2D eigenvalue weighted by Gasteiger charge is -2.13. The van der Waals surface area contributed by atoms with E-state index >= 15 is 0 Å². The molecule has 2 N–H and O–H groups in total. The molecule has 0 aliphatic heterocycles. The third-order valence-electron chi connectivity index (χ3n) is 3.53. The van der Waals surface area contributed by atoms with Crippen LogP contribution < -0.4 is 20.1 Å². The SMILES string of the molecule is COc1cccc(OC)c1C(=O)NCCNC(=O)c1ccc(Cl)cc1Cl. The van der Waals surface area contributed by atoms with Gasteiger partial charge in [-0.3, -0.25) is 9.59 Å². The molecule has 0 aliphatic rings. The molecule has 0 heterocycles. The molecule has 138 valence electrons. The van der Waals surface area contributed by atoms with E-state index in [1.54, 1.807) is 24.3 Å². The van der Waals surface area contributed by atoms with E-state index in [9.17, 15) is 9.59 Å². The second kappa shape index (κ2) is 9.31. The van der Waals surface area contributed by atoms with Crippen molar-refractivity contribution in [1.29, 1.82) is 0 Å². The van der Waals surface area contributed by atoms with Crippen molar-refractivity contribution in [2.24, 2.45) is 0 Å². The van der Waals surface area contributed by atoms with Gasteiger partial charge in [-0.05, 0) is 30.3 Å². The van der Waals surface area contributed by atoms with Gasteiger partial charge in [0, 0.05) is 18.1 Å². The van der Waals surface area contributed by atoms with E-state index in [-0.39, 0.29) is 29.9 Å². The van der Waals surface area contributed by atoms with Crippen LogP contribution in [0.3, 0.4) is 0 Å². The zero-order valence-electron chi connectivity index (χ0n) is 14.3. The van der Waals surface area contributed by atoms with Crippen LogP contribution in [0.5, 0.6) is 11.5 Å². The lowest BCUT2D eigenvalue weighted by molar-refractivity contribution is 0.0924. The van der Waals surface area contributed by atoms with Crippen molar-refractivity contribution in [3.8, 4) is 11.5 Å². The summed E-state index contributed by atoms with van der Waals surface area (Å²) < 4.78 is 10.4. The number of carbonyl (C=O) groups is 2. The van der Waals surface area contributed by atoms with Gasteiger partial charge in [0.1, 0.15) is 17.1 Å². The van der Waals surface area contributed by atoms with E-state index in [1.807, 2.05) is 0 Å². The smallest absolute Gasteiger partial charge is 0.258 e. The zero-order valence-corrected chi connectivity index (χ0v) is 15.8. The van der Waals surface area contributed by atoms with Gasteiger partial charge in [0.05, 0.1) is 24.8 Å². The normalized spacial score (nSPS) is 10.2. The molecule has 0 radical (unpaired) electrons. The topological polar surface area (TPSA) is 76.7 Å². The molecule has 0 aliphatic carbocycles. The molecule has 2 aromatic rings. The molecule has 2 amide bonds. The molecule has 26 heavy (non-hydrogen) atoms. The predicted octanol–water partition coefficient (Wildman–Crippen LogP) is 3.17. The van der Waals surface area contributed by atoms with Crippen molar-refractivity contribution in [3.05, 3.63) is 57.6 Å². The fourth-order valence-electron chi connectivity index (χ4n) is 2.28. The molecule has 0 bridgehead atoms. The number of ether oxygens (including phenoxy) is 2. The first-order chi connectivity index (χ1) is 12.5. The first-order valence-electron chi connectivity index (χ1n) is 7.70. The van der Waals surface area contributed by atoms with Gasteiger partial charge in [-0.25, -0.2) is 0 Å². The van der Waals surface area contributed by atoms with Gasteiger partial charge in [0.25, 0.3) is 11.8 Å². The number of nitrogens with one attached hydrogen (secondary N) is 2. The Morgan fingerprint density at radius 3 is 2.04 bits per heavy atom. The molecular weight excluding hydrogens is 379 g/mol. The van der Waals surface area contributed by atoms with Gasteiger partial charge in [0.15, 0.2) is 0 Å². The Balaban J connectivity index is 1.92. The van der Waals surface area contributed by atoms with Crippen LogP contribution in [0.25, 0.3) is 0 Å². The van der Waals surface area contributed by atoms with E-state index in [0.29, 0.717) is 27.6 Å². The van der Waals surface area contributed by atoms with Crippen molar-refractivity contribution in [2.45, 2.75) is 0 Å². The second-order valence-corrected chi connectivity index (χ2v) is 6.02. The van der Waals surface area contributed by atoms with Crippen molar-refractivity contribution in [3.63, 3.8) is 0 Å². The Morgan fingerprint density at radius 1 is 0.923 bits per heavy atom. The van der Waals surface area contributed by atoms with Crippen LogP contribution in [0, 0.1) is 0 Å². The zero-order chi connectivity index (χ0) is 19.1. The summed E-state index contributed by atoms with van der Waals surface area (Å²) in [5.74, 6) is 0.0894. The van der Waals surface area contributed by atoms with E-state index in [4.69, 9.17) is 32.7 Å². The number of rotatable bonds is 7. The Labute approximate surface area is 161 Å². The van der Waals surface area contributed by atoms with Crippen molar-refractivity contribution < 1.29 is 19.1 Å². The molecule has 0 spiro atoms. The van der Waals surface area contributed by atoms with E-state index < -0.39 is 0 Å². The number of methoxy groups -OCH3 is 2. The minimum Gasteiger partial charge on any atom is -0.496 e.